The number of hydrogen-bond donors (Lipinski definition) is 1. The second-order valence-corrected chi connectivity index (χ2v) is 5.00. The van der Waals surface area contributed by atoms with Crippen LogP contribution in [0.2, 0.25) is 0 Å². The van der Waals surface area contributed by atoms with Gasteiger partial charge in [-0.25, -0.2) is 9.50 Å². The highest BCUT2D eigenvalue weighted by atomic mass is 32.1. The van der Waals surface area contributed by atoms with Gasteiger partial charge < -0.3 is 5.32 Å². The fourth-order valence-corrected chi connectivity index (χ4v) is 2.50. The van der Waals surface area contributed by atoms with E-state index in [1.165, 1.54) is 4.88 Å². The lowest BCUT2D eigenvalue weighted by atomic mass is 10.3. The molecule has 18 heavy (non-hydrogen) atoms. The molecule has 92 valence electrons. The van der Waals surface area contributed by atoms with Crippen molar-refractivity contribution in [3.63, 3.8) is 0 Å². The van der Waals surface area contributed by atoms with E-state index < -0.39 is 0 Å². The van der Waals surface area contributed by atoms with E-state index in [0.717, 1.165) is 30.0 Å². The van der Waals surface area contributed by atoms with Crippen molar-refractivity contribution in [2.75, 3.05) is 6.54 Å². The number of rotatable bonds is 4. The molecule has 0 atom stereocenters. The molecule has 1 N–H and O–H groups in total. The molecule has 3 aromatic rings. The van der Waals surface area contributed by atoms with Crippen LogP contribution >= 0.6 is 11.3 Å². The smallest absolute Gasteiger partial charge is 0.155 e. The first kappa shape index (κ1) is 11.4. The van der Waals surface area contributed by atoms with Gasteiger partial charge in [-0.05, 0) is 18.0 Å². The predicted octanol–water partition coefficient (Wildman–Crippen LogP) is 2.57. The fraction of sp³-hybridized carbons (Fsp3) is 0.231. The van der Waals surface area contributed by atoms with Gasteiger partial charge in [-0.1, -0.05) is 13.0 Å². The molecule has 0 saturated heterocycles. The van der Waals surface area contributed by atoms with Crippen molar-refractivity contribution in [3.05, 3.63) is 41.5 Å². The van der Waals surface area contributed by atoms with Gasteiger partial charge >= 0.3 is 0 Å². The van der Waals surface area contributed by atoms with Gasteiger partial charge in [0.1, 0.15) is 5.69 Å². The van der Waals surface area contributed by atoms with E-state index in [1.807, 2.05) is 29.0 Å². The molecule has 0 aliphatic rings. The van der Waals surface area contributed by atoms with Gasteiger partial charge in [0.2, 0.25) is 0 Å². The maximum absolute atomic E-state index is 4.56. The van der Waals surface area contributed by atoms with Gasteiger partial charge in [0.05, 0.1) is 4.88 Å². The standard InChI is InChI=1S/C13H14N4S/c1-2-14-7-10-8-15-13-6-11(16-17(13)9-10)12-4-3-5-18-12/h3-6,8-9,14H,2,7H2,1H3. The molecular formula is C13H14N4S. The van der Waals surface area contributed by atoms with Gasteiger partial charge in [0, 0.05) is 30.6 Å². The van der Waals surface area contributed by atoms with Gasteiger partial charge in [0.15, 0.2) is 5.65 Å². The third kappa shape index (κ3) is 2.14. The Balaban J connectivity index is 1.97. The quantitative estimate of drug-likeness (QED) is 0.782. The molecule has 3 heterocycles. The minimum atomic E-state index is 0.827. The summed E-state index contributed by atoms with van der Waals surface area (Å²) in [6.07, 6.45) is 3.93. The van der Waals surface area contributed by atoms with Crippen molar-refractivity contribution in [2.24, 2.45) is 0 Å². The summed E-state index contributed by atoms with van der Waals surface area (Å²) in [4.78, 5) is 5.60. The minimum Gasteiger partial charge on any atom is -0.313 e. The van der Waals surface area contributed by atoms with Crippen LogP contribution in [0.5, 0.6) is 0 Å². The molecule has 0 aromatic carbocycles. The van der Waals surface area contributed by atoms with Crippen molar-refractivity contribution in [3.8, 4) is 10.6 Å². The molecule has 0 fully saturated rings. The largest absolute Gasteiger partial charge is 0.313 e. The number of thiophene rings is 1. The van der Waals surface area contributed by atoms with Crippen LogP contribution in [-0.2, 0) is 6.54 Å². The monoisotopic (exact) mass is 258 g/mol. The number of aromatic nitrogens is 3. The SMILES string of the molecule is CCNCc1cnc2cc(-c3cccs3)nn2c1. The third-order valence-electron chi connectivity index (χ3n) is 2.72. The highest BCUT2D eigenvalue weighted by Gasteiger charge is 2.06. The summed E-state index contributed by atoms with van der Waals surface area (Å²) in [6.45, 7) is 3.87. The second-order valence-electron chi connectivity index (χ2n) is 4.05. The Morgan fingerprint density at radius 1 is 1.44 bits per heavy atom. The van der Waals surface area contributed by atoms with E-state index in [2.05, 4.69) is 33.8 Å². The molecule has 0 aliphatic heterocycles. The maximum Gasteiger partial charge on any atom is 0.155 e. The molecule has 3 rings (SSSR count). The van der Waals surface area contributed by atoms with Crippen LogP contribution in [0, 0.1) is 0 Å². The Morgan fingerprint density at radius 3 is 3.17 bits per heavy atom. The minimum absolute atomic E-state index is 0.827. The number of hydrogen-bond acceptors (Lipinski definition) is 4. The van der Waals surface area contributed by atoms with E-state index in [4.69, 9.17) is 0 Å². The topological polar surface area (TPSA) is 42.2 Å². The van der Waals surface area contributed by atoms with Gasteiger partial charge in [0.25, 0.3) is 0 Å². The van der Waals surface area contributed by atoms with Gasteiger partial charge in [-0.3, -0.25) is 0 Å². The lowest BCUT2D eigenvalue weighted by Crippen LogP contribution is -2.12. The van der Waals surface area contributed by atoms with E-state index in [1.54, 1.807) is 11.3 Å². The molecule has 3 aromatic heterocycles. The molecule has 0 aliphatic carbocycles. The Kier molecular flexibility index (Phi) is 3.08. The highest BCUT2D eigenvalue weighted by molar-refractivity contribution is 7.13. The summed E-state index contributed by atoms with van der Waals surface area (Å²) in [5.41, 5.74) is 3.02. The zero-order chi connectivity index (χ0) is 12.4. The van der Waals surface area contributed by atoms with Crippen LogP contribution in [0.25, 0.3) is 16.2 Å². The van der Waals surface area contributed by atoms with Gasteiger partial charge in [-0.15, -0.1) is 11.3 Å². The summed E-state index contributed by atoms with van der Waals surface area (Å²) < 4.78 is 1.85. The van der Waals surface area contributed by atoms with Crippen molar-refractivity contribution < 1.29 is 0 Å². The third-order valence-corrected chi connectivity index (χ3v) is 3.61. The summed E-state index contributed by atoms with van der Waals surface area (Å²) in [7, 11) is 0. The summed E-state index contributed by atoms with van der Waals surface area (Å²) in [5.74, 6) is 0. The Hall–Kier alpha value is -1.72. The summed E-state index contributed by atoms with van der Waals surface area (Å²) in [6, 6.07) is 6.13. The normalized spacial score (nSPS) is 11.2. The van der Waals surface area contributed by atoms with E-state index in [-0.39, 0.29) is 0 Å². The van der Waals surface area contributed by atoms with Crippen LogP contribution in [0.1, 0.15) is 12.5 Å². The molecule has 4 nitrogen and oxygen atoms in total. The van der Waals surface area contributed by atoms with E-state index >= 15 is 0 Å². The first-order valence-corrected chi connectivity index (χ1v) is 6.83. The average molecular weight is 258 g/mol. The Morgan fingerprint density at radius 2 is 2.39 bits per heavy atom. The zero-order valence-corrected chi connectivity index (χ0v) is 10.9. The Labute approximate surface area is 109 Å². The van der Waals surface area contributed by atoms with E-state index in [9.17, 15) is 0 Å². The van der Waals surface area contributed by atoms with Crippen molar-refractivity contribution >= 4 is 17.0 Å². The molecule has 0 amide bonds. The molecule has 0 radical (unpaired) electrons. The first-order chi connectivity index (χ1) is 8.86. The van der Waals surface area contributed by atoms with Crippen LogP contribution < -0.4 is 5.32 Å². The fourth-order valence-electron chi connectivity index (χ4n) is 1.82. The molecule has 0 saturated carbocycles. The molecular weight excluding hydrogens is 244 g/mol. The lowest BCUT2D eigenvalue weighted by molar-refractivity contribution is 0.717. The number of nitrogens with one attached hydrogen (secondary N) is 1. The van der Waals surface area contributed by atoms with Crippen LogP contribution in [-0.4, -0.2) is 21.1 Å². The maximum atomic E-state index is 4.56. The first-order valence-electron chi connectivity index (χ1n) is 5.95. The molecule has 0 bridgehead atoms. The van der Waals surface area contributed by atoms with Crippen LogP contribution in [0.15, 0.2) is 36.0 Å². The van der Waals surface area contributed by atoms with E-state index in [0.29, 0.717) is 0 Å². The number of fused-ring (bicyclic) bond motifs is 1. The van der Waals surface area contributed by atoms with Crippen molar-refractivity contribution in [2.45, 2.75) is 13.5 Å². The van der Waals surface area contributed by atoms with Crippen molar-refractivity contribution in [1.29, 1.82) is 0 Å². The second kappa shape index (κ2) is 4.88. The lowest BCUT2D eigenvalue weighted by Gasteiger charge is -2.01. The number of nitrogens with zero attached hydrogens (tertiary/aromatic N) is 3. The summed E-state index contributed by atoms with van der Waals surface area (Å²) >= 11 is 1.69. The predicted molar refractivity (Wildman–Crippen MR) is 73.7 cm³/mol. The summed E-state index contributed by atoms with van der Waals surface area (Å²) in [5, 5.41) is 9.90. The average Bonchev–Trinajstić information content (AvgIpc) is 3.03. The van der Waals surface area contributed by atoms with Crippen LogP contribution in [0.4, 0.5) is 0 Å². The molecule has 5 heteroatoms. The Bertz CT molecular complexity index is 642. The van der Waals surface area contributed by atoms with Gasteiger partial charge in [-0.2, -0.15) is 5.10 Å². The van der Waals surface area contributed by atoms with Crippen LogP contribution in [0.3, 0.4) is 0 Å². The molecule has 0 spiro atoms. The van der Waals surface area contributed by atoms with Crippen molar-refractivity contribution in [1.82, 2.24) is 19.9 Å². The highest BCUT2D eigenvalue weighted by Crippen LogP contribution is 2.23. The zero-order valence-electron chi connectivity index (χ0n) is 10.1. The molecule has 0 unspecified atom stereocenters.